The van der Waals surface area contributed by atoms with Gasteiger partial charge in [-0.2, -0.15) is 0 Å². The van der Waals surface area contributed by atoms with E-state index in [1.165, 1.54) is 19.3 Å². The maximum Gasteiger partial charge on any atom is 0.278 e. The van der Waals surface area contributed by atoms with E-state index >= 15 is 0 Å². The van der Waals surface area contributed by atoms with Crippen LogP contribution in [0.15, 0.2) is 54.6 Å². The van der Waals surface area contributed by atoms with E-state index in [-0.39, 0.29) is 0 Å². The van der Waals surface area contributed by atoms with Crippen molar-refractivity contribution < 1.29 is 9.47 Å². The molecule has 0 aliphatic carbocycles. The van der Waals surface area contributed by atoms with Crippen molar-refractivity contribution in [2.45, 2.75) is 44.8 Å². The monoisotopic (exact) mass is 282 g/mol. The molecule has 0 saturated carbocycles. The molecule has 1 aliphatic heterocycles. The average Bonchev–Trinajstić information content (AvgIpc) is 2.92. The summed E-state index contributed by atoms with van der Waals surface area (Å²) in [4.78, 5) is 0. The Morgan fingerprint density at radius 3 is 2.00 bits per heavy atom. The van der Waals surface area contributed by atoms with E-state index in [0.717, 1.165) is 29.9 Å². The van der Waals surface area contributed by atoms with Gasteiger partial charge in [-0.15, -0.1) is 0 Å². The summed E-state index contributed by atoms with van der Waals surface area (Å²) in [5.74, 6) is 1.03. The molecular weight excluding hydrogens is 260 g/mol. The summed E-state index contributed by atoms with van der Waals surface area (Å²) < 4.78 is 12.5. The zero-order chi connectivity index (χ0) is 14.5. The molecule has 1 aliphatic rings. The third-order valence-electron chi connectivity index (χ3n) is 3.97. The van der Waals surface area contributed by atoms with Gasteiger partial charge in [-0.1, -0.05) is 68.7 Å². The van der Waals surface area contributed by atoms with Crippen molar-refractivity contribution >= 4 is 0 Å². The molecule has 2 aromatic carbocycles. The molecule has 0 fully saturated rings. The van der Waals surface area contributed by atoms with Gasteiger partial charge in [-0.3, -0.25) is 0 Å². The Morgan fingerprint density at radius 1 is 0.762 bits per heavy atom. The first-order valence-electron chi connectivity index (χ1n) is 7.87. The van der Waals surface area contributed by atoms with Crippen LogP contribution in [0.3, 0.4) is 0 Å². The second kappa shape index (κ2) is 6.21. The lowest BCUT2D eigenvalue weighted by Crippen LogP contribution is -2.35. The highest BCUT2D eigenvalue weighted by atomic mass is 16.7. The van der Waals surface area contributed by atoms with E-state index in [0.29, 0.717) is 0 Å². The first kappa shape index (κ1) is 14.0. The number of para-hydroxylation sites is 2. The van der Waals surface area contributed by atoms with Gasteiger partial charge in [0, 0.05) is 12.0 Å². The van der Waals surface area contributed by atoms with E-state index in [1.807, 2.05) is 42.5 Å². The van der Waals surface area contributed by atoms with Gasteiger partial charge in [0.05, 0.1) is 0 Å². The van der Waals surface area contributed by atoms with Crippen LogP contribution in [0.1, 0.15) is 44.6 Å². The maximum absolute atomic E-state index is 6.24. The molecule has 0 aromatic heterocycles. The lowest BCUT2D eigenvalue weighted by molar-refractivity contribution is -0.0946. The Kier molecular flexibility index (Phi) is 4.14. The Labute approximate surface area is 126 Å². The maximum atomic E-state index is 6.24. The van der Waals surface area contributed by atoms with Crippen molar-refractivity contribution in [1.29, 1.82) is 0 Å². The van der Waals surface area contributed by atoms with Crippen LogP contribution in [0.2, 0.25) is 0 Å². The van der Waals surface area contributed by atoms with E-state index < -0.39 is 5.79 Å². The van der Waals surface area contributed by atoms with E-state index in [1.54, 1.807) is 0 Å². The molecular formula is C19H22O2. The number of hydrogen-bond donors (Lipinski definition) is 0. The lowest BCUT2D eigenvalue weighted by Gasteiger charge is -2.28. The first-order valence-corrected chi connectivity index (χ1v) is 7.87. The molecule has 2 heteroatoms. The second-order valence-corrected chi connectivity index (χ2v) is 5.58. The minimum absolute atomic E-state index is 0.654. The number of unbranched alkanes of at least 4 members (excludes halogenated alkanes) is 3. The number of fused-ring (bicyclic) bond motifs is 1. The van der Waals surface area contributed by atoms with Crippen molar-refractivity contribution in [3.8, 4) is 11.5 Å². The van der Waals surface area contributed by atoms with Gasteiger partial charge in [-0.05, 0) is 18.6 Å². The molecule has 0 saturated heterocycles. The van der Waals surface area contributed by atoms with Gasteiger partial charge in [0.1, 0.15) is 0 Å². The quantitative estimate of drug-likeness (QED) is 0.671. The Morgan fingerprint density at radius 2 is 1.38 bits per heavy atom. The van der Waals surface area contributed by atoms with Gasteiger partial charge in [0.15, 0.2) is 11.5 Å². The van der Waals surface area contributed by atoms with E-state index in [9.17, 15) is 0 Å². The fourth-order valence-electron chi connectivity index (χ4n) is 2.84. The van der Waals surface area contributed by atoms with Crippen LogP contribution in [0.5, 0.6) is 11.5 Å². The predicted molar refractivity (Wildman–Crippen MR) is 84.6 cm³/mol. The number of ether oxygens (including phenoxy) is 2. The second-order valence-electron chi connectivity index (χ2n) is 5.58. The highest BCUT2D eigenvalue weighted by Crippen LogP contribution is 2.46. The van der Waals surface area contributed by atoms with Crippen LogP contribution >= 0.6 is 0 Å². The fraction of sp³-hybridized carbons (Fsp3) is 0.368. The van der Waals surface area contributed by atoms with Crippen LogP contribution in [-0.2, 0) is 5.79 Å². The highest BCUT2D eigenvalue weighted by Gasteiger charge is 2.42. The predicted octanol–water partition coefficient (Wildman–Crippen LogP) is 5.28. The summed E-state index contributed by atoms with van der Waals surface area (Å²) in [7, 11) is 0. The molecule has 0 radical (unpaired) electrons. The van der Waals surface area contributed by atoms with Crippen molar-refractivity contribution in [3.05, 3.63) is 60.2 Å². The third kappa shape index (κ3) is 2.90. The SMILES string of the molecule is CCCCCCC1(c2ccccc2)Oc2ccccc2O1. The molecule has 110 valence electrons. The zero-order valence-corrected chi connectivity index (χ0v) is 12.5. The third-order valence-corrected chi connectivity index (χ3v) is 3.97. The smallest absolute Gasteiger partial charge is 0.278 e. The summed E-state index contributed by atoms with van der Waals surface area (Å²) in [6.45, 7) is 2.23. The average molecular weight is 282 g/mol. The molecule has 0 amide bonds. The highest BCUT2D eigenvalue weighted by molar-refractivity contribution is 5.44. The molecule has 0 bridgehead atoms. The molecule has 0 unspecified atom stereocenters. The number of benzene rings is 2. The lowest BCUT2D eigenvalue weighted by atomic mass is 9.98. The largest absolute Gasteiger partial charge is 0.444 e. The fourth-order valence-corrected chi connectivity index (χ4v) is 2.84. The summed E-state index contributed by atoms with van der Waals surface area (Å²) >= 11 is 0. The Balaban J connectivity index is 1.84. The summed E-state index contributed by atoms with van der Waals surface area (Å²) in [5, 5.41) is 0. The van der Waals surface area contributed by atoms with Crippen LogP contribution in [0, 0.1) is 0 Å². The molecule has 21 heavy (non-hydrogen) atoms. The molecule has 1 heterocycles. The molecule has 2 aromatic rings. The van der Waals surface area contributed by atoms with Crippen molar-refractivity contribution in [2.75, 3.05) is 0 Å². The molecule has 0 N–H and O–H groups in total. The van der Waals surface area contributed by atoms with Crippen LogP contribution in [0.25, 0.3) is 0 Å². The number of rotatable bonds is 6. The topological polar surface area (TPSA) is 18.5 Å². The van der Waals surface area contributed by atoms with Crippen molar-refractivity contribution in [3.63, 3.8) is 0 Å². The van der Waals surface area contributed by atoms with Crippen molar-refractivity contribution in [2.24, 2.45) is 0 Å². The molecule has 0 atom stereocenters. The summed E-state index contributed by atoms with van der Waals surface area (Å²) in [5.41, 5.74) is 1.10. The van der Waals surface area contributed by atoms with E-state index in [2.05, 4.69) is 19.1 Å². The van der Waals surface area contributed by atoms with Gasteiger partial charge in [0.2, 0.25) is 0 Å². The van der Waals surface area contributed by atoms with Gasteiger partial charge < -0.3 is 9.47 Å². The normalized spacial score (nSPS) is 15.1. The molecule has 3 rings (SSSR count). The van der Waals surface area contributed by atoms with Crippen LogP contribution < -0.4 is 9.47 Å². The van der Waals surface area contributed by atoms with Crippen LogP contribution in [0.4, 0.5) is 0 Å². The van der Waals surface area contributed by atoms with Gasteiger partial charge >= 0.3 is 0 Å². The zero-order valence-electron chi connectivity index (χ0n) is 12.5. The minimum Gasteiger partial charge on any atom is -0.444 e. The molecule has 2 nitrogen and oxygen atoms in total. The Bertz CT molecular complexity index is 552. The standard InChI is InChI=1S/C19H22O2/c1-2-3-4-10-15-19(16-11-6-5-7-12-16)20-17-13-8-9-14-18(17)21-19/h5-9,11-14H,2-4,10,15H2,1H3. The minimum atomic E-state index is -0.654. The first-order chi connectivity index (χ1) is 10.3. The van der Waals surface area contributed by atoms with Crippen molar-refractivity contribution in [1.82, 2.24) is 0 Å². The summed E-state index contributed by atoms with van der Waals surface area (Å²) in [6, 6.07) is 18.2. The van der Waals surface area contributed by atoms with Gasteiger partial charge in [0.25, 0.3) is 5.79 Å². The number of hydrogen-bond acceptors (Lipinski definition) is 2. The molecule has 0 spiro atoms. The Hall–Kier alpha value is -1.96. The van der Waals surface area contributed by atoms with E-state index in [4.69, 9.17) is 9.47 Å². The van der Waals surface area contributed by atoms with Crippen LogP contribution in [-0.4, -0.2) is 0 Å². The summed E-state index contributed by atoms with van der Waals surface area (Å²) in [6.07, 6.45) is 5.70. The van der Waals surface area contributed by atoms with Gasteiger partial charge in [-0.25, -0.2) is 0 Å².